The average Bonchev–Trinajstić information content (AvgIpc) is 2.44. The summed E-state index contributed by atoms with van der Waals surface area (Å²) >= 11 is 0. The van der Waals surface area contributed by atoms with Gasteiger partial charge in [0.15, 0.2) is 0 Å². The second-order valence-corrected chi connectivity index (χ2v) is 4.71. The standard InChI is InChI=1S/C16H17FN2O2/c1-21-10-12-4-2-3-11(5-12)9-19-16(20)13-6-14(17)8-15(18)7-13/h2-8H,9-10,18H2,1H3,(H,19,20). The van der Waals surface area contributed by atoms with Gasteiger partial charge >= 0.3 is 0 Å². The van der Waals surface area contributed by atoms with Gasteiger partial charge < -0.3 is 15.8 Å². The Labute approximate surface area is 122 Å². The number of methoxy groups -OCH3 is 1. The molecular formula is C16H17FN2O2. The lowest BCUT2D eigenvalue weighted by molar-refractivity contribution is 0.0950. The highest BCUT2D eigenvalue weighted by molar-refractivity contribution is 5.95. The van der Waals surface area contributed by atoms with Crippen molar-refractivity contribution in [1.29, 1.82) is 0 Å². The Hall–Kier alpha value is -2.40. The van der Waals surface area contributed by atoms with Crippen molar-refractivity contribution in [2.75, 3.05) is 12.8 Å². The molecule has 0 atom stereocenters. The van der Waals surface area contributed by atoms with Gasteiger partial charge in [-0.15, -0.1) is 0 Å². The zero-order chi connectivity index (χ0) is 15.2. The Morgan fingerprint density at radius 1 is 1.24 bits per heavy atom. The van der Waals surface area contributed by atoms with E-state index in [1.54, 1.807) is 7.11 Å². The molecular weight excluding hydrogens is 271 g/mol. The van der Waals surface area contributed by atoms with Crippen LogP contribution >= 0.6 is 0 Å². The highest BCUT2D eigenvalue weighted by Gasteiger charge is 2.08. The first-order valence-electron chi connectivity index (χ1n) is 6.49. The van der Waals surface area contributed by atoms with E-state index >= 15 is 0 Å². The Bertz CT molecular complexity index is 624. The number of hydrogen-bond acceptors (Lipinski definition) is 3. The van der Waals surface area contributed by atoms with Crippen LogP contribution in [0, 0.1) is 5.82 Å². The van der Waals surface area contributed by atoms with Gasteiger partial charge in [0.25, 0.3) is 5.91 Å². The maximum absolute atomic E-state index is 13.2. The first-order valence-corrected chi connectivity index (χ1v) is 6.49. The fourth-order valence-corrected chi connectivity index (χ4v) is 2.02. The molecule has 0 unspecified atom stereocenters. The maximum atomic E-state index is 13.2. The molecule has 0 saturated heterocycles. The number of benzene rings is 2. The quantitative estimate of drug-likeness (QED) is 0.831. The zero-order valence-corrected chi connectivity index (χ0v) is 11.7. The molecule has 1 amide bonds. The van der Waals surface area contributed by atoms with Crippen LogP contribution in [-0.4, -0.2) is 13.0 Å². The minimum atomic E-state index is -0.526. The molecule has 0 heterocycles. The number of nitrogens with two attached hydrogens (primary N) is 1. The summed E-state index contributed by atoms with van der Waals surface area (Å²) in [5.41, 5.74) is 7.93. The van der Waals surface area contributed by atoms with Crippen LogP contribution in [0.2, 0.25) is 0 Å². The van der Waals surface area contributed by atoms with E-state index in [0.717, 1.165) is 17.2 Å². The number of carbonyl (C=O) groups is 1. The van der Waals surface area contributed by atoms with Crippen molar-refractivity contribution < 1.29 is 13.9 Å². The number of nitrogen functional groups attached to an aromatic ring is 1. The van der Waals surface area contributed by atoms with Gasteiger partial charge in [0.1, 0.15) is 5.82 Å². The average molecular weight is 288 g/mol. The van der Waals surface area contributed by atoms with Crippen molar-refractivity contribution in [2.45, 2.75) is 13.2 Å². The van der Waals surface area contributed by atoms with E-state index < -0.39 is 5.82 Å². The topological polar surface area (TPSA) is 64.3 Å². The molecule has 5 heteroatoms. The van der Waals surface area contributed by atoms with E-state index in [-0.39, 0.29) is 17.2 Å². The van der Waals surface area contributed by atoms with Gasteiger partial charge in [0.05, 0.1) is 6.61 Å². The van der Waals surface area contributed by atoms with E-state index in [4.69, 9.17) is 10.5 Å². The van der Waals surface area contributed by atoms with Crippen molar-refractivity contribution in [3.8, 4) is 0 Å². The number of halogens is 1. The number of carbonyl (C=O) groups excluding carboxylic acids is 1. The van der Waals surface area contributed by atoms with Crippen molar-refractivity contribution in [3.63, 3.8) is 0 Å². The molecule has 0 aliphatic heterocycles. The molecule has 0 aromatic heterocycles. The lowest BCUT2D eigenvalue weighted by Gasteiger charge is -2.08. The summed E-state index contributed by atoms with van der Waals surface area (Å²) in [4.78, 5) is 12.0. The molecule has 4 nitrogen and oxygen atoms in total. The largest absolute Gasteiger partial charge is 0.399 e. The molecule has 0 saturated carbocycles. The second-order valence-electron chi connectivity index (χ2n) is 4.71. The van der Waals surface area contributed by atoms with Crippen molar-refractivity contribution in [1.82, 2.24) is 5.32 Å². The Morgan fingerprint density at radius 2 is 2.00 bits per heavy atom. The summed E-state index contributed by atoms with van der Waals surface area (Å²) in [6.07, 6.45) is 0. The van der Waals surface area contributed by atoms with Crippen LogP contribution in [0.5, 0.6) is 0 Å². The van der Waals surface area contributed by atoms with Crippen LogP contribution in [0.1, 0.15) is 21.5 Å². The van der Waals surface area contributed by atoms with Crippen LogP contribution in [0.4, 0.5) is 10.1 Å². The fourth-order valence-electron chi connectivity index (χ4n) is 2.02. The molecule has 0 bridgehead atoms. The van der Waals surface area contributed by atoms with Gasteiger partial charge in [0, 0.05) is 24.9 Å². The lowest BCUT2D eigenvalue weighted by Crippen LogP contribution is -2.23. The normalized spacial score (nSPS) is 10.4. The molecule has 0 aliphatic carbocycles. The molecule has 2 rings (SSSR count). The summed E-state index contributed by atoms with van der Waals surface area (Å²) < 4.78 is 18.3. The smallest absolute Gasteiger partial charge is 0.251 e. The van der Waals surface area contributed by atoms with Crippen LogP contribution in [0.3, 0.4) is 0 Å². The Balaban J connectivity index is 2.02. The van der Waals surface area contributed by atoms with E-state index in [2.05, 4.69) is 5.32 Å². The third-order valence-electron chi connectivity index (χ3n) is 2.94. The highest BCUT2D eigenvalue weighted by Crippen LogP contribution is 2.11. The molecule has 3 N–H and O–H groups in total. The number of anilines is 1. The Kier molecular flexibility index (Phi) is 4.90. The molecule has 110 valence electrons. The molecule has 0 fully saturated rings. The summed E-state index contributed by atoms with van der Waals surface area (Å²) in [6.45, 7) is 0.870. The van der Waals surface area contributed by atoms with Gasteiger partial charge in [-0.25, -0.2) is 4.39 Å². The van der Waals surface area contributed by atoms with Gasteiger partial charge in [-0.3, -0.25) is 4.79 Å². The van der Waals surface area contributed by atoms with Crippen molar-refractivity contribution >= 4 is 11.6 Å². The molecule has 0 aliphatic rings. The first kappa shape index (κ1) is 15.0. The van der Waals surface area contributed by atoms with Crippen LogP contribution < -0.4 is 11.1 Å². The summed E-state index contributed by atoms with van der Waals surface area (Å²) in [5.74, 6) is -0.888. The van der Waals surface area contributed by atoms with E-state index in [0.29, 0.717) is 13.2 Å². The number of ether oxygens (including phenoxy) is 1. The maximum Gasteiger partial charge on any atom is 0.251 e. The Morgan fingerprint density at radius 3 is 2.71 bits per heavy atom. The minimum absolute atomic E-state index is 0.209. The first-order chi connectivity index (χ1) is 10.1. The van der Waals surface area contributed by atoms with Gasteiger partial charge in [0.2, 0.25) is 0 Å². The molecule has 21 heavy (non-hydrogen) atoms. The number of amides is 1. The fraction of sp³-hybridized carbons (Fsp3) is 0.188. The SMILES string of the molecule is COCc1cccc(CNC(=O)c2cc(N)cc(F)c2)c1. The zero-order valence-electron chi connectivity index (χ0n) is 11.7. The lowest BCUT2D eigenvalue weighted by atomic mass is 10.1. The summed E-state index contributed by atoms with van der Waals surface area (Å²) in [5, 5.41) is 2.74. The van der Waals surface area contributed by atoms with Crippen LogP contribution in [-0.2, 0) is 17.9 Å². The number of hydrogen-bond donors (Lipinski definition) is 2. The van der Waals surface area contributed by atoms with Gasteiger partial charge in [-0.05, 0) is 29.3 Å². The minimum Gasteiger partial charge on any atom is -0.399 e. The second kappa shape index (κ2) is 6.85. The monoisotopic (exact) mass is 288 g/mol. The summed E-state index contributed by atoms with van der Waals surface area (Å²) in [6, 6.07) is 11.5. The highest BCUT2D eigenvalue weighted by atomic mass is 19.1. The third kappa shape index (κ3) is 4.29. The van der Waals surface area contributed by atoms with E-state index in [1.807, 2.05) is 24.3 Å². The predicted molar refractivity (Wildman–Crippen MR) is 79.1 cm³/mol. The molecule has 0 radical (unpaired) electrons. The number of nitrogens with one attached hydrogen (secondary N) is 1. The molecule has 2 aromatic carbocycles. The van der Waals surface area contributed by atoms with E-state index in [9.17, 15) is 9.18 Å². The predicted octanol–water partition coefficient (Wildman–Crippen LogP) is 2.48. The van der Waals surface area contributed by atoms with Gasteiger partial charge in [-0.1, -0.05) is 24.3 Å². The van der Waals surface area contributed by atoms with Crippen LogP contribution in [0.25, 0.3) is 0 Å². The third-order valence-corrected chi connectivity index (χ3v) is 2.94. The van der Waals surface area contributed by atoms with Crippen molar-refractivity contribution in [3.05, 3.63) is 65.0 Å². The number of rotatable bonds is 5. The van der Waals surface area contributed by atoms with Gasteiger partial charge in [-0.2, -0.15) is 0 Å². The van der Waals surface area contributed by atoms with Crippen LogP contribution in [0.15, 0.2) is 42.5 Å². The van der Waals surface area contributed by atoms with E-state index in [1.165, 1.54) is 12.1 Å². The molecule has 2 aromatic rings. The van der Waals surface area contributed by atoms with Crippen molar-refractivity contribution in [2.24, 2.45) is 0 Å². The molecule has 0 spiro atoms. The summed E-state index contributed by atoms with van der Waals surface area (Å²) in [7, 11) is 1.63.